The van der Waals surface area contributed by atoms with Crippen molar-refractivity contribution in [3.05, 3.63) is 29.3 Å². The molecule has 1 aliphatic heterocycles. The quantitative estimate of drug-likeness (QED) is 0.711. The van der Waals surface area contributed by atoms with Gasteiger partial charge in [-0.15, -0.1) is 0 Å². The number of hydrogen-bond donors (Lipinski definition) is 3. The molecule has 6 nitrogen and oxygen atoms in total. The fraction of sp³-hybridized carbons (Fsp3) is 0.182. The van der Waals surface area contributed by atoms with Gasteiger partial charge in [-0.2, -0.15) is 0 Å². The van der Waals surface area contributed by atoms with Crippen LogP contribution < -0.4 is 16.0 Å². The number of hydrogen-bond acceptors (Lipinski definition) is 3. The molecular formula is C11H10ClN3O3. The molecule has 3 N–H and O–H groups in total. The summed E-state index contributed by atoms with van der Waals surface area (Å²) in [5, 5.41) is 7.57. The highest BCUT2D eigenvalue weighted by Gasteiger charge is 2.31. The minimum atomic E-state index is -0.815. The van der Waals surface area contributed by atoms with Gasteiger partial charge in [0, 0.05) is 10.7 Å². The fourth-order valence-electron chi connectivity index (χ4n) is 1.53. The highest BCUT2D eigenvalue weighted by atomic mass is 35.5. The summed E-state index contributed by atoms with van der Waals surface area (Å²) >= 11 is 5.71. The monoisotopic (exact) mass is 267 g/mol. The summed E-state index contributed by atoms with van der Waals surface area (Å²) in [5.41, 5.74) is 0.578. The Morgan fingerprint density at radius 2 is 1.94 bits per heavy atom. The summed E-state index contributed by atoms with van der Waals surface area (Å²) in [6.45, 7) is 0. The molecule has 1 saturated heterocycles. The second kappa shape index (κ2) is 5.05. The summed E-state index contributed by atoms with van der Waals surface area (Å²) in [7, 11) is 0. The van der Waals surface area contributed by atoms with Crippen LogP contribution in [-0.2, 0) is 9.59 Å². The van der Waals surface area contributed by atoms with Gasteiger partial charge in [0.25, 0.3) is 5.91 Å². The molecule has 0 bridgehead atoms. The smallest absolute Gasteiger partial charge is 0.322 e. The zero-order chi connectivity index (χ0) is 13.1. The van der Waals surface area contributed by atoms with E-state index in [0.717, 1.165) is 0 Å². The van der Waals surface area contributed by atoms with Crippen LogP contribution >= 0.6 is 11.6 Å². The maximum Gasteiger partial charge on any atom is 0.322 e. The molecule has 0 unspecified atom stereocenters. The predicted molar refractivity (Wildman–Crippen MR) is 65.2 cm³/mol. The average Bonchev–Trinajstić information content (AvgIpc) is 2.61. The lowest BCUT2D eigenvalue weighted by atomic mass is 10.2. The molecule has 0 spiro atoms. The van der Waals surface area contributed by atoms with E-state index in [1.54, 1.807) is 24.3 Å². The van der Waals surface area contributed by atoms with Crippen LogP contribution in [-0.4, -0.2) is 23.9 Å². The first-order chi connectivity index (χ1) is 8.54. The van der Waals surface area contributed by atoms with E-state index in [2.05, 4.69) is 16.0 Å². The summed E-state index contributed by atoms with van der Waals surface area (Å²) in [6.07, 6.45) is -0.111. The van der Waals surface area contributed by atoms with Gasteiger partial charge in [-0.05, 0) is 24.3 Å². The van der Waals surface area contributed by atoms with Crippen molar-refractivity contribution in [3.63, 3.8) is 0 Å². The fourth-order valence-corrected chi connectivity index (χ4v) is 1.66. The number of urea groups is 1. The topological polar surface area (TPSA) is 87.3 Å². The Morgan fingerprint density at radius 1 is 1.28 bits per heavy atom. The molecule has 1 fully saturated rings. The normalized spacial score (nSPS) is 18.2. The predicted octanol–water partition coefficient (Wildman–Crippen LogP) is 0.877. The molecule has 1 aliphatic rings. The molecule has 1 atom stereocenters. The number of amides is 4. The molecule has 0 aliphatic carbocycles. The van der Waals surface area contributed by atoms with Crippen LogP contribution in [0.25, 0.3) is 0 Å². The lowest BCUT2D eigenvalue weighted by Gasteiger charge is -2.08. The lowest BCUT2D eigenvalue weighted by molar-refractivity contribution is -0.124. The Hall–Kier alpha value is -2.08. The Bertz CT molecular complexity index is 501. The van der Waals surface area contributed by atoms with Gasteiger partial charge in [0.1, 0.15) is 6.04 Å². The standard InChI is InChI=1S/C11H10ClN3O3/c12-6-1-3-7(4-2-6)13-9(16)5-8-10(17)15-11(18)14-8/h1-4,8H,5H2,(H,13,16)(H2,14,15,17,18)/t8-/m1/s1. The van der Waals surface area contributed by atoms with E-state index in [4.69, 9.17) is 11.6 Å². The first-order valence-electron chi connectivity index (χ1n) is 5.21. The van der Waals surface area contributed by atoms with Crippen LogP contribution in [0.1, 0.15) is 6.42 Å². The first-order valence-corrected chi connectivity index (χ1v) is 5.59. The summed E-state index contributed by atoms with van der Waals surface area (Å²) in [6, 6.07) is 5.18. The molecule has 1 aromatic rings. The number of anilines is 1. The Labute approximate surface area is 108 Å². The molecular weight excluding hydrogens is 258 g/mol. The lowest BCUT2D eigenvalue weighted by Crippen LogP contribution is -2.33. The van der Waals surface area contributed by atoms with Crippen molar-refractivity contribution in [1.29, 1.82) is 0 Å². The number of carbonyl (C=O) groups excluding carboxylic acids is 3. The van der Waals surface area contributed by atoms with Crippen LogP contribution in [0.5, 0.6) is 0 Å². The van der Waals surface area contributed by atoms with Gasteiger partial charge >= 0.3 is 6.03 Å². The molecule has 1 aromatic carbocycles. The van der Waals surface area contributed by atoms with Crippen molar-refractivity contribution in [2.45, 2.75) is 12.5 Å². The van der Waals surface area contributed by atoms with E-state index in [0.29, 0.717) is 10.7 Å². The Morgan fingerprint density at radius 3 is 2.50 bits per heavy atom. The van der Waals surface area contributed by atoms with Gasteiger partial charge in [0.15, 0.2) is 0 Å². The van der Waals surface area contributed by atoms with E-state index in [1.165, 1.54) is 0 Å². The van der Waals surface area contributed by atoms with E-state index in [9.17, 15) is 14.4 Å². The number of carbonyl (C=O) groups is 3. The third kappa shape index (κ3) is 2.98. The van der Waals surface area contributed by atoms with E-state index in [-0.39, 0.29) is 12.3 Å². The van der Waals surface area contributed by atoms with E-state index < -0.39 is 18.0 Å². The van der Waals surface area contributed by atoms with Crippen LogP contribution in [0.4, 0.5) is 10.5 Å². The van der Waals surface area contributed by atoms with Crippen molar-refractivity contribution in [1.82, 2.24) is 10.6 Å². The van der Waals surface area contributed by atoms with Crippen LogP contribution in [0.2, 0.25) is 5.02 Å². The van der Waals surface area contributed by atoms with Crippen molar-refractivity contribution in [2.24, 2.45) is 0 Å². The van der Waals surface area contributed by atoms with Gasteiger partial charge < -0.3 is 10.6 Å². The zero-order valence-corrected chi connectivity index (χ0v) is 9.95. The summed E-state index contributed by atoms with van der Waals surface area (Å²) < 4.78 is 0. The summed E-state index contributed by atoms with van der Waals surface area (Å²) in [5.74, 6) is -0.856. The highest BCUT2D eigenvalue weighted by molar-refractivity contribution is 6.30. The number of nitrogens with one attached hydrogen (secondary N) is 3. The highest BCUT2D eigenvalue weighted by Crippen LogP contribution is 2.13. The Balaban J connectivity index is 1.91. The van der Waals surface area contributed by atoms with Gasteiger partial charge in [-0.25, -0.2) is 4.79 Å². The largest absolute Gasteiger partial charge is 0.326 e. The molecule has 0 radical (unpaired) electrons. The zero-order valence-electron chi connectivity index (χ0n) is 9.20. The van der Waals surface area contributed by atoms with Gasteiger partial charge in [-0.3, -0.25) is 14.9 Å². The maximum atomic E-state index is 11.6. The van der Waals surface area contributed by atoms with Crippen molar-refractivity contribution in [3.8, 4) is 0 Å². The van der Waals surface area contributed by atoms with Gasteiger partial charge in [0.2, 0.25) is 5.91 Å². The molecule has 18 heavy (non-hydrogen) atoms. The van der Waals surface area contributed by atoms with Crippen LogP contribution in [0.15, 0.2) is 24.3 Å². The molecule has 0 saturated carbocycles. The van der Waals surface area contributed by atoms with Crippen LogP contribution in [0.3, 0.4) is 0 Å². The molecule has 2 rings (SSSR count). The number of imide groups is 1. The first kappa shape index (κ1) is 12.4. The number of rotatable bonds is 3. The number of halogens is 1. The molecule has 4 amide bonds. The van der Waals surface area contributed by atoms with Gasteiger partial charge in [0.05, 0.1) is 6.42 Å². The van der Waals surface area contributed by atoms with Gasteiger partial charge in [-0.1, -0.05) is 11.6 Å². The maximum absolute atomic E-state index is 11.6. The van der Waals surface area contributed by atoms with Crippen molar-refractivity contribution in [2.75, 3.05) is 5.32 Å². The minimum Gasteiger partial charge on any atom is -0.326 e. The van der Waals surface area contributed by atoms with Crippen molar-refractivity contribution >= 4 is 35.1 Å². The minimum absolute atomic E-state index is 0.111. The summed E-state index contributed by atoms with van der Waals surface area (Å²) in [4.78, 5) is 33.7. The SMILES string of the molecule is O=C(C[C@H]1NC(=O)NC1=O)Nc1ccc(Cl)cc1. The van der Waals surface area contributed by atoms with Crippen molar-refractivity contribution < 1.29 is 14.4 Å². The third-order valence-electron chi connectivity index (χ3n) is 2.38. The molecule has 7 heteroatoms. The second-order valence-corrected chi connectivity index (χ2v) is 4.21. The molecule has 0 aromatic heterocycles. The average molecular weight is 268 g/mol. The van der Waals surface area contributed by atoms with Crippen LogP contribution in [0, 0.1) is 0 Å². The number of benzene rings is 1. The third-order valence-corrected chi connectivity index (χ3v) is 2.63. The second-order valence-electron chi connectivity index (χ2n) is 3.77. The molecule has 94 valence electrons. The molecule has 1 heterocycles. The van der Waals surface area contributed by atoms with E-state index >= 15 is 0 Å². The Kier molecular flexibility index (Phi) is 3.47. The van der Waals surface area contributed by atoms with E-state index in [1.807, 2.05) is 0 Å².